The molecule has 0 spiro atoms. The van der Waals surface area contributed by atoms with Crippen LogP contribution in [0.25, 0.3) is 0 Å². The van der Waals surface area contributed by atoms with Gasteiger partial charge in [-0.3, -0.25) is 10.1 Å². The zero-order chi connectivity index (χ0) is 68.9. The summed E-state index contributed by atoms with van der Waals surface area (Å²) in [7, 11) is 0. The van der Waals surface area contributed by atoms with Crippen molar-refractivity contribution in [3.05, 3.63) is 351 Å². The fourth-order valence-electron chi connectivity index (χ4n) is 9.02. The Balaban J connectivity index is 0.000000354. The topological polar surface area (TPSA) is 93.0 Å². The Hall–Kier alpha value is -9.10. The summed E-state index contributed by atoms with van der Waals surface area (Å²) in [6.07, 6.45) is 3.43. The van der Waals surface area contributed by atoms with Gasteiger partial charge in [-0.1, -0.05) is 220 Å². The third-order valence-corrected chi connectivity index (χ3v) is 13.9. The van der Waals surface area contributed by atoms with Crippen LogP contribution < -0.4 is 5.73 Å². The van der Waals surface area contributed by atoms with E-state index in [0.717, 1.165) is 68.9 Å². The molecular formula is C82H94ClF4N3O2. The van der Waals surface area contributed by atoms with Gasteiger partial charge in [0.05, 0.1) is 10.5 Å². The van der Waals surface area contributed by atoms with Crippen LogP contribution in [0.15, 0.2) is 218 Å². The van der Waals surface area contributed by atoms with Gasteiger partial charge in [0, 0.05) is 34.8 Å². The number of nitrogens with two attached hydrogens (primary N) is 1. The van der Waals surface area contributed by atoms with Crippen molar-refractivity contribution >= 4 is 23.0 Å². The normalized spacial score (nSPS) is 9.80. The molecule has 5 nitrogen and oxygen atoms in total. The van der Waals surface area contributed by atoms with E-state index in [-0.39, 0.29) is 22.0 Å². The monoisotopic (exact) mass is 1260 g/mol. The van der Waals surface area contributed by atoms with Crippen LogP contribution in [0.5, 0.6) is 0 Å². The second kappa shape index (κ2) is 42.8. The van der Waals surface area contributed by atoms with Crippen LogP contribution in [0.1, 0.15) is 135 Å². The Morgan fingerprint density at radius 1 is 0.467 bits per heavy atom. The number of rotatable bonds is 7. The molecule has 0 radical (unpaired) electrons. The number of aryl methyl sites for hydroxylation is 13. The number of anilines is 1. The lowest BCUT2D eigenvalue weighted by Crippen LogP contribution is -1.94. The van der Waals surface area contributed by atoms with E-state index >= 15 is 0 Å². The minimum absolute atomic E-state index is 0.111. The van der Waals surface area contributed by atoms with Gasteiger partial charge in [0.2, 0.25) is 0 Å². The quantitative estimate of drug-likeness (QED) is 0.0745. The van der Waals surface area contributed by atoms with Crippen LogP contribution in [0, 0.1) is 134 Å². The van der Waals surface area contributed by atoms with E-state index < -0.39 is 17.5 Å². The zero-order valence-corrected chi connectivity index (χ0v) is 57.5. The molecule has 0 aliphatic heterocycles. The third-order valence-electron chi connectivity index (χ3n) is 13.5. The average Bonchev–Trinajstić information content (AvgIpc) is 1.74. The molecule has 2 N–H and O–H groups in total. The molecule has 0 unspecified atom stereocenters. The highest BCUT2D eigenvalue weighted by molar-refractivity contribution is 6.31. The summed E-state index contributed by atoms with van der Waals surface area (Å²) in [4.78, 5) is 9.94. The van der Waals surface area contributed by atoms with Crippen molar-refractivity contribution in [1.29, 1.82) is 5.26 Å². The van der Waals surface area contributed by atoms with Crippen molar-refractivity contribution in [2.75, 3.05) is 5.73 Å². The second-order valence-corrected chi connectivity index (χ2v) is 23.8. The number of hydrogen-bond donors (Lipinski definition) is 1. The minimum Gasteiger partial charge on any atom is -0.399 e. The van der Waals surface area contributed by atoms with Crippen LogP contribution >= 0.6 is 11.6 Å². The average molecular weight is 1270 g/mol. The number of nitriles is 1. The minimum atomic E-state index is -0.521. The fraction of sp³-hybridized carbons (Fsp3) is 0.256. The molecule has 10 heteroatoms. The molecule has 10 aromatic carbocycles. The van der Waals surface area contributed by atoms with Crippen LogP contribution in [0.2, 0.25) is 5.02 Å². The Morgan fingerprint density at radius 2 is 0.870 bits per heavy atom. The van der Waals surface area contributed by atoms with Crippen molar-refractivity contribution < 1.29 is 22.5 Å². The largest absolute Gasteiger partial charge is 0.399 e. The fourth-order valence-corrected chi connectivity index (χ4v) is 9.35. The summed E-state index contributed by atoms with van der Waals surface area (Å²) in [5.74, 6) is -0.393. The first-order valence-corrected chi connectivity index (χ1v) is 31.2. The molecule has 0 bridgehead atoms. The van der Waals surface area contributed by atoms with E-state index in [4.69, 9.17) is 22.6 Å². The summed E-state index contributed by atoms with van der Waals surface area (Å²) in [5, 5.41) is 19.6. The summed E-state index contributed by atoms with van der Waals surface area (Å²) in [6, 6.07) is 70.4. The van der Waals surface area contributed by atoms with Crippen molar-refractivity contribution in [3.63, 3.8) is 0 Å². The summed E-state index contributed by atoms with van der Waals surface area (Å²) >= 11 is 6.01. The summed E-state index contributed by atoms with van der Waals surface area (Å²) < 4.78 is 49.4. The van der Waals surface area contributed by atoms with E-state index in [0.29, 0.717) is 11.5 Å². The third kappa shape index (κ3) is 34.2. The van der Waals surface area contributed by atoms with Crippen LogP contribution in [0.3, 0.4) is 0 Å². The molecule has 0 fully saturated rings. The molecule has 10 rings (SSSR count). The predicted molar refractivity (Wildman–Crippen MR) is 382 cm³/mol. The molecule has 10 aromatic rings. The number of nitrogen functional groups attached to an aromatic ring is 1. The Morgan fingerprint density at radius 3 is 1.25 bits per heavy atom. The number of nitro benzene ring substituents is 1. The standard InChI is InChI=1S/C14H14.C11H16.C10H13Cl.C8H6FN.C8H9F.C8H9NO2.C8H11N.C8H10.C7H6F2/c1-12(13-8-4-2-5-9-13)14-10-6-3-7-11-14;1-9(2)8-11-6-4-10(3)5-7-11;1-3-4-9-6-5-8(2)7-10(9)11;1-6-2-3-8(9)7(4-6)5-10;1-6-3-7(2)5-8(9)4-6;1-6-3-7(2)5-8(4-6)9(10)11;1-6-3-4-8(9)7(2)5-6;1-7-4-3-5-8(2)6-7;1-5-2-6(8)4-7(9)3-5/h2-12H,1H3;4-7,9H,8H2,1-3H3;5-7H,3-4H2,1-2H3;2-4H,1H3;3-5H,1-2H3;3-5H,1-2H3;3-5H,9H2,1-2H3;3-6H,1-2H3;2-4H,1H3. The Bertz CT molecular complexity index is 3600. The molecule has 0 atom stereocenters. The van der Waals surface area contributed by atoms with Gasteiger partial charge in [-0.25, -0.2) is 17.6 Å². The molecule has 0 amide bonds. The smallest absolute Gasteiger partial charge is 0.269 e. The van der Waals surface area contributed by atoms with Crippen LogP contribution in [-0.4, -0.2) is 4.92 Å². The number of nitro groups is 1. The first-order valence-electron chi connectivity index (χ1n) is 30.8. The second-order valence-electron chi connectivity index (χ2n) is 23.4. The number of nitrogens with zero attached hydrogens (tertiary/aromatic N) is 2. The Labute approximate surface area is 552 Å². The van der Waals surface area contributed by atoms with Crippen molar-refractivity contribution in [3.8, 4) is 6.07 Å². The highest BCUT2D eigenvalue weighted by Crippen LogP contribution is 2.24. The van der Waals surface area contributed by atoms with E-state index in [2.05, 4.69) is 190 Å². The molecule has 0 heterocycles. The van der Waals surface area contributed by atoms with Crippen LogP contribution in [0.4, 0.5) is 28.9 Å². The first kappa shape index (κ1) is 79.0. The highest BCUT2D eigenvalue weighted by atomic mass is 35.5. The van der Waals surface area contributed by atoms with E-state index in [9.17, 15) is 27.7 Å². The van der Waals surface area contributed by atoms with E-state index in [1.807, 2.05) is 71.9 Å². The SMILES string of the molecule is CC(c1ccccc1)c1ccccc1.CCCc1ccc(C)cc1Cl.Cc1cc(C)cc(F)c1.Cc1cc(C)cc([N+](=O)[O-])c1.Cc1cc(F)cc(F)c1.Cc1ccc(CC(C)C)cc1.Cc1ccc(F)c(C#N)c1.Cc1ccc(N)c(C)c1.Cc1cccc(C)c1. The van der Waals surface area contributed by atoms with Crippen LogP contribution in [-0.2, 0) is 12.8 Å². The predicted octanol–water partition coefficient (Wildman–Crippen LogP) is 23.8. The molecule has 0 saturated carbocycles. The zero-order valence-electron chi connectivity index (χ0n) is 56.7. The van der Waals surface area contributed by atoms with E-state index in [1.54, 1.807) is 31.2 Å². The van der Waals surface area contributed by atoms with Gasteiger partial charge in [0.25, 0.3) is 5.69 Å². The number of hydrogen-bond acceptors (Lipinski definition) is 4. The molecule has 92 heavy (non-hydrogen) atoms. The number of halogens is 5. The van der Waals surface area contributed by atoms with Crippen molar-refractivity contribution in [1.82, 2.24) is 0 Å². The van der Waals surface area contributed by atoms with Gasteiger partial charge in [-0.2, -0.15) is 5.26 Å². The van der Waals surface area contributed by atoms with Gasteiger partial charge in [0.1, 0.15) is 29.3 Å². The molecule has 0 aliphatic carbocycles. The molecule has 0 aliphatic rings. The van der Waals surface area contributed by atoms with Gasteiger partial charge in [-0.15, -0.1) is 0 Å². The van der Waals surface area contributed by atoms with Gasteiger partial charge in [-0.05, 0) is 217 Å². The first-order chi connectivity index (χ1) is 43.5. The van der Waals surface area contributed by atoms with Crippen molar-refractivity contribution in [2.24, 2.45) is 5.92 Å². The summed E-state index contributed by atoms with van der Waals surface area (Å²) in [5.41, 5.74) is 25.2. The highest BCUT2D eigenvalue weighted by Gasteiger charge is 2.07. The van der Waals surface area contributed by atoms with Gasteiger partial charge in [0.15, 0.2) is 0 Å². The summed E-state index contributed by atoms with van der Waals surface area (Å²) in [6.45, 7) is 32.3. The lowest BCUT2D eigenvalue weighted by atomic mass is 9.93. The number of benzene rings is 10. The molecular weight excluding hydrogens is 1170 g/mol. The number of non-ortho nitro benzene ring substituents is 1. The maximum atomic E-state index is 12.5. The lowest BCUT2D eigenvalue weighted by Gasteiger charge is -2.11. The maximum Gasteiger partial charge on any atom is 0.269 e. The molecule has 0 aromatic heterocycles. The van der Waals surface area contributed by atoms with Gasteiger partial charge < -0.3 is 5.73 Å². The van der Waals surface area contributed by atoms with Crippen molar-refractivity contribution in [2.45, 2.75) is 136 Å². The maximum absolute atomic E-state index is 12.5. The Kier molecular flexibility index (Phi) is 36.8. The van der Waals surface area contributed by atoms with Gasteiger partial charge >= 0.3 is 0 Å². The van der Waals surface area contributed by atoms with E-state index in [1.165, 1.54) is 92.9 Å². The molecule has 484 valence electrons. The lowest BCUT2D eigenvalue weighted by molar-refractivity contribution is -0.384. The molecule has 0 saturated heterocycles.